The number of hydrogen-bond donors (Lipinski definition) is 0. The molecular formula is C13H26ClNO. The highest BCUT2D eigenvalue weighted by Gasteiger charge is 2.21. The molecule has 0 rings (SSSR count). The second-order valence-electron chi connectivity index (χ2n) is 4.29. The molecule has 1 amide bonds. The molecular weight excluding hydrogens is 222 g/mol. The quantitative estimate of drug-likeness (QED) is 0.569. The minimum atomic E-state index is 0.213. The number of carbonyl (C=O) groups excluding carboxylic acids is 1. The average molecular weight is 248 g/mol. The summed E-state index contributed by atoms with van der Waals surface area (Å²) in [5.41, 5.74) is 0. The van der Waals surface area contributed by atoms with Gasteiger partial charge in [-0.05, 0) is 19.3 Å². The SMILES string of the molecule is CCCC(CCC)C(=O)N(CCC)CCCl. The van der Waals surface area contributed by atoms with E-state index in [2.05, 4.69) is 20.8 Å². The van der Waals surface area contributed by atoms with Crippen molar-refractivity contribution in [3.05, 3.63) is 0 Å². The average Bonchev–Trinajstić information content (AvgIpc) is 2.27. The Morgan fingerprint density at radius 1 is 1.06 bits per heavy atom. The zero-order valence-electron chi connectivity index (χ0n) is 11.0. The van der Waals surface area contributed by atoms with Crippen molar-refractivity contribution in [2.75, 3.05) is 19.0 Å². The summed E-state index contributed by atoms with van der Waals surface area (Å²) in [6.45, 7) is 7.92. The Balaban J connectivity index is 4.38. The Bertz CT molecular complexity index is 155. The molecule has 96 valence electrons. The zero-order valence-corrected chi connectivity index (χ0v) is 11.7. The summed E-state index contributed by atoms with van der Waals surface area (Å²) in [7, 11) is 0. The molecule has 0 radical (unpaired) electrons. The van der Waals surface area contributed by atoms with Crippen LogP contribution in [0.2, 0.25) is 0 Å². The summed E-state index contributed by atoms with van der Waals surface area (Å²) in [5.74, 6) is 1.06. The summed E-state index contributed by atoms with van der Waals surface area (Å²) in [5, 5.41) is 0. The van der Waals surface area contributed by atoms with Gasteiger partial charge in [0.1, 0.15) is 0 Å². The zero-order chi connectivity index (χ0) is 12.4. The van der Waals surface area contributed by atoms with Crippen molar-refractivity contribution in [2.45, 2.75) is 52.9 Å². The van der Waals surface area contributed by atoms with Gasteiger partial charge in [0.15, 0.2) is 0 Å². The number of nitrogens with zero attached hydrogens (tertiary/aromatic N) is 1. The number of halogens is 1. The van der Waals surface area contributed by atoms with Crippen molar-refractivity contribution in [2.24, 2.45) is 5.92 Å². The molecule has 0 aromatic rings. The van der Waals surface area contributed by atoms with E-state index >= 15 is 0 Å². The summed E-state index contributed by atoms with van der Waals surface area (Å²) >= 11 is 5.74. The van der Waals surface area contributed by atoms with E-state index in [9.17, 15) is 4.79 Å². The van der Waals surface area contributed by atoms with E-state index in [1.807, 2.05) is 4.90 Å². The highest BCUT2D eigenvalue weighted by Crippen LogP contribution is 2.17. The van der Waals surface area contributed by atoms with Crippen LogP contribution >= 0.6 is 11.6 Å². The molecule has 0 aromatic heterocycles. The molecule has 0 spiro atoms. The van der Waals surface area contributed by atoms with Crippen molar-refractivity contribution >= 4 is 17.5 Å². The standard InChI is InChI=1S/C13H26ClNO/c1-4-7-12(8-5-2)13(16)15(10-6-3)11-9-14/h12H,4-11H2,1-3H3. The molecule has 0 bridgehead atoms. The van der Waals surface area contributed by atoms with Crippen LogP contribution in [-0.4, -0.2) is 29.8 Å². The van der Waals surface area contributed by atoms with Gasteiger partial charge in [-0.3, -0.25) is 4.79 Å². The number of amides is 1. The lowest BCUT2D eigenvalue weighted by Crippen LogP contribution is -2.38. The molecule has 0 saturated heterocycles. The van der Waals surface area contributed by atoms with Crippen LogP contribution in [-0.2, 0) is 4.79 Å². The predicted octanol–water partition coefficient (Wildman–Crippen LogP) is 3.68. The Labute approximate surface area is 105 Å². The van der Waals surface area contributed by atoms with Gasteiger partial charge in [0.05, 0.1) is 0 Å². The molecule has 0 aromatic carbocycles. The second-order valence-corrected chi connectivity index (χ2v) is 4.67. The van der Waals surface area contributed by atoms with Crippen LogP contribution < -0.4 is 0 Å². The lowest BCUT2D eigenvalue weighted by Gasteiger charge is -2.26. The first kappa shape index (κ1) is 15.8. The van der Waals surface area contributed by atoms with Crippen LogP contribution in [0.15, 0.2) is 0 Å². The molecule has 0 heterocycles. The van der Waals surface area contributed by atoms with Gasteiger partial charge in [0, 0.05) is 24.9 Å². The second kappa shape index (κ2) is 9.95. The third-order valence-electron chi connectivity index (χ3n) is 2.78. The summed E-state index contributed by atoms with van der Waals surface area (Å²) in [6.07, 6.45) is 5.19. The van der Waals surface area contributed by atoms with Gasteiger partial charge in [0.25, 0.3) is 0 Å². The predicted molar refractivity (Wildman–Crippen MR) is 70.9 cm³/mol. The van der Waals surface area contributed by atoms with Gasteiger partial charge in [-0.25, -0.2) is 0 Å². The number of rotatable bonds is 9. The normalized spacial score (nSPS) is 10.8. The molecule has 0 fully saturated rings. The van der Waals surface area contributed by atoms with Gasteiger partial charge in [-0.2, -0.15) is 0 Å². The van der Waals surface area contributed by atoms with E-state index < -0.39 is 0 Å². The summed E-state index contributed by atoms with van der Waals surface area (Å²) < 4.78 is 0. The first-order valence-corrected chi connectivity index (χ1v) is 7.09. The van der Waals surface area contributed by atoms with Crippen molar-refractivity contribution in [3.8, 4) is 0 Å². The molecule has 0 atom stereocenters. The summed E-state index contributed by atoms with van der Waals surface area (Å²) in [4.78, 5) is 14.2. The fourth-order valence-electron chi connectivity index (χ4n) is 2.05. The number of carbonyl (C=O) groups is 1. The van der Waals surface area contributed by atoms with Gasteiger partial charge in [-0.1, -0.05) is 33.6 Å². The minimum absolute atomic E-state index is 0.213. The first-order valence-electron chi connectivity index (χ1n) is 6.55. The highest BCUT2D eigenvalue weighted by atomic mass is 35.5. The lowest BCUT2D eigenvalue weighted by molar-refractivity contribution is -0.135. The number of alkyl halides is 1. The Hall–Kier alpha value is -0.240. The van der Waals surface area contributed by atoms with Crippen LogP contribution in [0.25, 0.3) is 0 Å². The third kappa shape index (κ3) is 5.74. The van der Waals surface area contributed by atoms with E-state index in [4.69, 9.17) is 11.6 Å². The Kier molecular flexibility index (Phi) is 9.80. The van der Waals surface area contributed by atoms with E-state index in [-0.39, 0.29) is 5.92 Å². The molecule has 0 unspecified atom stereocenters. The smallest absolute Gasteiger partial charge is 0.225 e. The molecule has 0 N–H and O–H groups in total. The van der Waals surface area contributed by atoms with Crippen molar-refractivity contribution < 1.29 is 4.79 Å². The van der Waals surface area contributed by atoms with E-state index in [0.717, 1.165) is 38.6 Å². The van der Waals surface area contributed by atoms with Gasteiger partial charge in [0.2, 0.25) is 5.91 Å². The fraction of sp³-hybridized carbons (Fsp3) is 0.923. The monoisotopic (exact) mass is 247 g/mol. The molecule has 0 aliphatic carbocycles. The van der Waals surface area contributed by atoms with Crippen LogP contribution in [0.4, 0.5) is 0 Å². The maximum atomic E-state index is 12.3. The molecule has 16 heavy (non-hydrogen) atoms. The molecule has 2 nitrogen and oxygen atoms in total. The highest BCUT2D eigenvalue weighted by molar-refractivity contribution is 6.18. The minimum Gasteiger partial charge on any atom is -0.341 e. The maximum absolute atomic E-state index is 12.3. The summed E-state index contributed by atoms with van der Waals surface area (Å²) in [6, 6.07) is 0. The van der Waals surface area contributed by atoms with E-state index in [1.54, 1.807) is 0 Å². The molecule has 0 saturated carbocycles. The van der Waals surface area contributed by atoms with Crippen molar-refractivity contribution in [1.29, 1.82) is 0 Å². The third-order valence-corrected chi connectivity index (χ3v) is 2.95. The van der Waals surface area contributed by atoms with Crippen LogP contribution in [0.1, 0.15) is 52.9 Å². The van der Waals surface area contributed by atoms with Gasteiger partial charge in [-0.15, -0.1) is 11.6 Å². The molecule has 0 aliphatic heterocycles. The van der Waals surface area contributed by atoms with Crippen molar-refractivity contribution in [1.82, 2.24) is 4.90 Å². The first-order chi connectivity index (χ1) is 7.71. The topological polar surface area (TPSA) is 20.3 Å². The Morgan fingerprint density at radius 2 is 1.62 bits per heavy atom. The molecule has 3 heteroatoms. The van der Waals surface area contributed by atoms with Crippen molar-refractivity contribution in [3.63, 3.8) is 0 Å². The van der Waals surface area contributed by atoms with Crippen LogP contribution in [0, 0.1) is 5.92 Å². The Morgan fingerprint density at radius 3 is 2.00 bits per heavy atom. The van der Waals surface area contributed by atoms with Crippen LogP contribution in [0.5, 0.6) is 0 Å². The van der Waals surface area contributed by atoms with Gasteiger partial charge >= 0.3 is 0 Å². The molecule has 0 aliphatic rings. The lowest BCUT2D eigenvalue weighted by atomic mass is 9.96. The maximum Gasteiger partial charge on any atom is 0.225 e. The van der Waals surface area contributed by atoms with E-state index in [1.165, 1.54) is 0 Å². The largest absolute Gasteiger partial charge is 0.341 e. The van der Waals surface area contributed by atoms with E-state index in [0.29, 0.717) is 18.3 Å². The number of hydrogen-bond acceptors (Lipinski definition) is 1. The fourth-order valence-corrected chi connectivity index (χ4v) is 2.25. The van der Waals surface area contributed by atoms with Crippen LogP contribution in [0.3, 0.4) is 0 Å². The van der Waals surface area contributed by atoms with Gasteiger partial charge < -0.3 is 4.90 Å².